The van der Waals surface area contributed by atoms with Gasteiger partial charge in [-0.15, -0.1) is 4.68 Å². The standard InChI is InChI=1S/C31H32N4O4/c1-31(2,3)39-30(36)27(32-28(23-16-10-6-11-17-23)24-18-12-7-13-19-24)21-25-26(20-22-14-8-5-9-15-22)33-34(4)29(25)35(37)38/h5-19,27H,20-21H2,1-4H3. The summed E-state index contributed by atoms with van der Waals surface area (Å²) >= 11 is 0. The van der Waals surface area contributed by atoms with Gasteiger partial charge >= 0.3 is 11.8 Å². The maximum absolute atomic E-state index is 13.6. The van der Waals surface area contributed by atoms with E-state index in [9.17, 15) is 14.9 Å². The Hall–Kier alpha value is -4.59. The second-order valence-electron chi connectivity index (χ2n) is 10.3. The van der Waals surface area contributed by atoms with E-state index in [4.69, 9.17) is 9.73 Å². The lowest BCUT2D eigenvalue weighted by Gasteiger charge is -2.23. The number of esters is 1. The fourth-order valence-electron chi connectivity index (χ4n) is 4.39. The van der Waals surface area contributed by atoms with Crippen LogP contribution in [-0.2, 0) is 29.4 Å². The number of aliphatic imine (C=N–C) groups is 1. The van der Waals surface area contributed by atoms with E-state index >= 15 is 0 Å². The molecule has 8 heteroatoms. The van der Waals surface area contributed by atoms with Crippen LogP contribution >= 0.6 is 0 Å². The van der Waals surface area contributed by atoms with E-state index < -0.39 is 22.5 Å². The maximum Gasteiger partial charge on any atom is 0.348 e. The number of hydrogen-bond donors (Lipinski definition) is 0. The topological polar surface area (TPSA) is 99.6 Å². The van der Waals surface area contributed by atoms with Gasteiger partial charge in [-0.2, -0.15) is 0 Å². The van der Waals surface area contributed by atoms with Gasteiger partial charge in [0.1, 0.15) is 12.6 Å². The SMILES string of the molecule is Cn1nc(Cc2ccccc2)c(CC(N=C(c2ccccc2)c2ccccc2)C(=O)OC(C)(C)C)c1[N+](=O)[O-]. The van der Waals surface area contributed by atoms with Crippen molar-refractivity contribution in [3.63, 3.8) is 0 Å². The molecule has 3 aromatic carbocycles. The van der Waals surface area contributed by atoms with Crippen LogP contribution < -0.4 is 0 Å². The molecule has 0 spiro atoms. The maximum atomic E-state index is 13.6. The molecular formula is C31H32N4O4. The Morgan fingerprint density at radius 1 is 0.949 bits per heavy atom. The summed E-state index contributed by atoms with van der Waals surface area (Å²) in [5.74, 6) is -0.721. The summed E-state index contributed by atoms with van der Waals surface area (Å²) in [6.07, 6.45) is 0.344. The Morgan fingerprint density at radius 2 is 1.46 bits per heavy atom. The van der Waals surface area contributed by atoms with Crippen molar-refractivity contribution in [1.29, 1.82) is 0 Å². The molecule has 0 radical (unpaired) electrons. The first kappa shape index (κ1) is 27.4. The van der Waals surface area contributed by atoms with Crippen molar-refractivity contribution in [2.45, 2.75) is 45.3 Å². The van der Waals surface area contributed by atoms with Crippen LogP contribution in [-0.4, -0.2) is 38.0 Å². The van der Waals surface area contributed by atoms with Crippen LogP contribution in [0.25, 0.3) is 0 Å². The number of aryl methyl sites for hydroxylation is 1. The van der Waals surface area contributed by atoms with Gasteiger partial charge in [0.2, 0.25) is 0 Å². The second-order valence-corrected chi connectivity index (χ2v) is 10.3. The number of hydrogen-bond acceptors (Lipinski definition) is 6. The van der Waals surface area contributed by atoms with Crippen molar-refractivity contribution in [3.8, 4) is 0 Å². The monoisotopic (exact) mass is 524 g/mol. The lowest BCUT2D eigenvalue weighted by atomic mass is 9.99. The van der Waals surface area contributed by atoms with Crippen LogP contribution in [0.3, 0.4) is 0 Å². The van der Waals surface area contributed by atoms with E-state index in [-0.39, 0.29) is 12.2 Å². The minimum atomic E-state index is -1.04. The smallest absolute Gasteiger partial charge is 0.348 e. The number of nitrogens with zero attached hydrogens (tertiary/aromatic N) is 4. The highest BCUT2D eigenvalue weighted by Gasteiger charge is 2.33. The van der Waals surface area contributed by atoms with Crippen LogP contribution in [0.1, 0.15) is 48.7 Å². The van der Waals surface area contributed by atoms with Crippen molar-refractivity contribution in [2.75, 3.05) is 0 Å². The third kappa shape index (κ3) is 7.04. The number of carbonyl (C=O) groups excluding carboxylic acids is 1. The average molecular weight is 525 g/mol. The fraction of sp³-hybridized carbons (Fsp3) is 0.258. The number of benzene rings is 3. The average Bonchev–Trinajstić information content (AvgIpc) is 3.21. The molecule has 0 fully saturated rings. The van der Waals surface area contributed by atoms with Crippen molar-refractivity contribution in [3.05, 3.63) is 129 Å². The Bertz CT molecular complexity index is 1420. The molecule has 0 saturated carbocycles. The zero-order valence-corrected chi connectivity index (χ0v) is 22.6. The normalized spacial score (nSPS) is 12.0. The van der Waals surface area contributed by atoms with Crippen molar-refractivity contribution in [2.24, 2.45) is 12.0 Å². The molecule has 1 atom stereocenters. The summed E-state index contributed by atoms with van der Waals surface area (Å²) in [5, 5.41) is 16.6. The number of nitro groups is 1. The molecule has 0 aliphatic rings. The zero-order valence-electron chi connectivity index (χ0n) is 22.6. The first-order valence-electron chi connectivity index (χ1n) is 12.8. The van der Waals surface area contributed by atoms with Crippen LogP contribution in [0, 0.1) is 10.1 Å². The number of ether oxygens (including phenoxy) is 1. The highest BCUT2D eigenvalue weighted by atomic mass is 16.6. The fourth-order valence-corrected chi connectivity index (χ4v) is 4.39. The molecule has 4 aromatic rings. The summed E-state index contributed by atoms with van der Waals surface area (Å²) < 4.78 is 7.03. The van der Waals surface area contributed by atoms with Gasteiger partial charge in [0.25, 0.3) is 0 Å². The van der Waals surface area contributed by atoms with Crippen LogP contribution in [0.5, 0.6) is 0 Å². The molecule has 0 aliphatic carbocycles. The van der Waals surface area contributed by atoms with Gasteiger partial charge in [0, 0.05) is 24.0 Å². The number of rotatable bonds is 9. The Morgan fingerprint density at radius 3 is 1.95 bits per heavy atom. The Balaban J connectivity index is 1.85. The van der Waals surface area contributed by atoms with Crippen LogP contribution in [0.15, 0.2) is 96.0 Å². The van der Waals surface area contributed by atoms with E-state index in [2.05, 4.69) is 5.10 Å². The van der Waals surface area contributed by atoms with E-state index in [1.165, 1.54) is 4.68 Å². The van der Waals surface area contributed by atoms with Gasteiger partial charge in [-0.25, -0.2) is 4.79 Å². The molecule has 0 saturated heterocycles. The van der Waals surface area contributed by atoms with Gasteiger partial charge in [-0.05, 0) is 31.3 Å². The Labute approximate surface area is 228 Å². The molecule has 4 rings (SSSR count). The summed E-state index contributed by atoms with van der Waals surface area (Å²) in [6, 6.07) is 27.7. The largest absolute Gasteiger partial charge is 0.458 e. The molecule has 1 aromatic heterocycles. The summed E-state index contributed by atoms with van der Waals surface area (Å²) in [5.41, 5.74) is 3.33. The first-order valence-corrected chi connectivity index (χ1v) is 12.8. The molecular weight excluding hydrogens is 492 g/mol. The van der Waals surface area contributed by atoms with Gasteiger partial charge in [0.15, 0.2) is 6.04 Å². The molecule has 0 aliphatic heterocycles. The predicted molar refractivity (Wildman–Crippen MR) is 151 cm³/mol. The third-order valence-electron chi connectivity index (χ3n) is 6.04. The quantitative estimate of drug-likeness (QED) is 0.121. The highest BCUT2D eigenvalue weighted by Crippen LogP contribution is 2.27. The second kappa shape index (κ2) is 11.9. The molecule has 1 heterocycles. The van der Waals surface area contributed by atoms with Gasteiger partial charge in [-0.3, -0.25) is 4.99 Å². The summed E-state index contributed by atoms with van der Waals surface area (Å²) in [4.78, 5) is 30.2. The van der Waals surface area contributed by atoms with E-state index in [1.807, 2.05) is 91.0 Å². The molecule has 0 bridgehead atoms. The molecule has 8 nitrogen and oxygen atoms in total. The Kier molecular flexibility index (Phi) is 8.34. The molecule has 200 valence electrons. The van der Waals surface area contributed by atoms with Crippen LogP contribution in [0.2, 0.25) is 0 Å². The molecule has 0 N–H and O–H groups in total. The lowest BCUT2D eigenvalue weighted by molar-refractivity contribution is -0.393. The van der Waals surface area contributed by atoms with E-state index in [0.29, 0.717) is 23.4 Å². The van der Waals surface area contributed by atoms with E-state index in [0.717, 1.165) is 16.7 Å². The minimum Gasteiger partial charge on any atom is -0.458 e. The molecule has 1 unspecified atom stereocenters. The number of carbonyl (C=O) groups is 1. The van der Waals surface area contributed by atoms with Crippen molar-refractivity contribution >= 4 is 17.5 Å². The van der Waals surface area contributed by atoms with Crippen molar-refractivity contribution in [1.82, 2.24) is 9.78 Å². The number of aromatic nitrogens is 2. The molecule has 0 amide bonds. The van der Waals surface area contributed by atoms with Gasteiger partial charge in [-0.1, -0.05) is 96.1 Å². The predicted octanol–water partition coefficient (Wildman–Crippen LogP) is 5.71. The molecule has 39 heavy (non-hydrogen) atoms. The van der Waals surface area contributed by atoms with E-state index in [1.54, 1.807) is 27.8 Å². The highest BCUT2D eigenvalue weighted by molar-refractivity contribution is 6.13. The first-order chi connectivity index (χ1) is 18.6. The van der Waals surface area contributed by atoms with Gasteiger partial charge < -0.3 is 14.9 Å². The third-order valence-corrected chi connectivity index (χ3v) is 6.04. The van der Waals surface area contributed by atoms with Gasteiger partial charge in [0.05, 0.1) is 17.0 Å². The summed E-state index contributed by atoms with van der Waals surface area (Å²) in [7, 11) is 1.54. The minimum absolute atomic E-state index is 0.0373. The zero-order chi connectivity index (χ0) is 28.0. The van der Waals surface area contributed by atoms with Crippen LogP contribution in [0.4, 0.5) is 5.82 Å². The summed E-state index contributed by atoms with van der Waals surface area (Å²) in [6.45, 7) is 5.36. The lowest BCUT2D eigenvalue weighted by Crippen LogP contribution is -2.33. The van der Waals surface area contributed by atoms with Crippen molar-refractivity contribution < 1.29 is 14.5 Å².